The summed E-state index contributed by atoms with van der Waals surface area (Å²) in [5, 5.41) is 2.64. The Morgan fingerprint density at radius 2 is 1.65 bits per heavy atom. The molecule has 1 aromatic carbocycles. The topological polar surface area (TPSA) is 88.8 Å². The highest BCUT2D eigenvalue weighted by Crippen LogP contribution is 2.17. The summed E-state index contributed by atoms with van der Waals surface area (Å²) in [6.45, 7) is 9.09. The van der Waals surface area contributed by atoms with Gasteiger partial charge >= 0.3 is 12.1 Å². The number of hydrogen-bond donors (Lipinski definition) is 1. The Balaban J connectivity index is 0.00000480. The van der Waals surface area contributed by atoms with Gasteiger partial charge in [0.15, 0.2) is 12.4 Å². The smallest absolute Gasteiger partial charge is 0.415 e. The van der Waals surface area contributed by atoms with E-state index in [1.165, 1.54) is 6.92 Å². The van der Waals surface area contributed by atoms with E-state index in [9.17, 15) is 14.4 Å². The first-order valence-electron chi connectivity index (χ1n) is 9.71. The van der Waals surface area contributed by atoms with Crippen LogP contribution in [0.15, 0.2) is 48.8 Å². The van der Waals surface area contributed by atoms with E-state index in [2.05, 4.69) is 5.32 Å². The van der Waals surface area contributed by atoms with Gasteiger partial charge in [-0.2, -0.15) is 4.57 Å². The van der Waals surface area contributed by atoms with Gasteiger partial charge in [0.25, 0.3) is 6.73 Å². The number of hydrogen-bond acceptors (Lipinski definition) is 5. The third-order valence-corrected chi connectivity index (χ3v) is 4.14. The fourth-order valence-electron chi connectivity index (χ4n) is 2.92. The molecule has 31 heavy (non-hydrogen) atoms. The zero-order chi connectivity index (χ0) is 22.3. The number of benzene rings is 1. The Morgan fingerprint density at radius 1 is 1.03 bits per heavy atom. The molecule has 0 atom stereocenters. The number of rotatable bonds is 7. The Morgan fingerprint density at radius 3 is 2.19 bits per heavy atom. The van der Waals surface area contributed by atoms with Crippen LogP contribution >= 0.6 is 0 Å². The molecule has 0 bridgehead atoms. The predicted molar refractivity (Wildman–Crippen MR) is 111 cm³/mol. The van der Waals surface area contributed by atoms with Crippen molar-refractivity contribution < 1.29 is 52.4 Å². The standard InChI is InChI=1S/C22H27N3O5.HI/c1-15(2)25(16(3)4)22(28)29-14-24-12-6-7-18(13-24)21(27)30-20-10-8-19(9-11-20)23-17(5)26;/h6-13,15-16H,14H2,1-5H3;1H. The van der Waals surface area contributed by atoms with Gasteiger partial charge in [-0.05, 0) is 58.0 Å². The van der Waals surface area contributed by atoms with Gasteiger partial charge in [0.2, 0.25) is 5.91 Å². The van der Waals surface area contributed by atoms with Crippen molar-refractivity contribution in [2.24, 2.45) is 0 Å². The molecular formula is C22H28IN3O5. The summed E-state index contributed by atoms with van der Waals surface area (Å²) in [6, 6.07) is 9.78. The summed E-state index contributed by atoms with van der Waals surface area (Å²) >= 11 is 0. The Labute approximate surface area is 199 Å². The van der Waals surface area contributed by atoms with E-state index in [-0.39, 0.29) is 48.7 Å². The monoisotopic (exact) mass is 541 g/mol. The van der Waals surface area contributed by atoms with Crippen LogP contribution in [0.4, 0.5) is 10.5 Å². The van der Waals surface area contributed by atoms with Crippen LogP contribution in [0.25, 0.3) is 0 Å². The van der Waals surface area contributed by atoms with Gasteiger partial charge in [-0.15, -0.1) is 0 Å². The van der Waals surface area contributed by atoms with Crippen molar-refractivity contribution >= 4 is 23.7 Å². The van der Waals surface area contributed by atoms with E-state index >= 15 is 0 Å². The Bertz CT molecular complexity index is 892. The number of pyridine rings is 1. The third-order valence-electron chi connectivity index (χ3n) is 4.14. The van der Waals surface area contributed by atoms with Crippen LogP contribution in [0.2, 0.25) is 0 Å². The van der Waals surface area contributed by atoms with Crippen LogP contribution in [-0.4, -0.2) is 35.0 Å². The summed E-state index contributed by atoms with van der Waals surface area (Å²) in [7, 11) is 0. The first kappa shape index (κ1) is 26.3. The highest BCUT2D eigenvalue weighted by molar-refractivity contribution is 5.91. The van der Waals surface area contributed by atoms with E-state index in [1.54, 1.807) is 58.3 Å². The minimum Gasteiger partial charge on any atom is -1.00 e. The average molecular weight is 541 g/mol. The molecule has 0 aliphatic rings. The van der Waals surface area contributed by atoms with E-state index < -0.39 is 12.1 Å². The van der Waals surface area contributed by atoms with Gasteiger partial charge in [0, 0.05) is 30.8 Å². The lowest BCUT2D eigenvalue weighted by atomic mass is 10.2. The minimum absolute atomic E-state index is 0. The lowest BCUT2D eigenvalue weighted by Gasteiger charge is -2.28. The van der Waals surface area contributed by atoms with Crippen LogP contribution in [-0.2, 0) is 16.3 Å². The van der Waals surface area contributed by atoms with Crippen molar-refractivity contribution in [1.29, 1.82) is 0 Å². The quantitative estimate of drug-likeness (QED) is 0.237. The second-order valence-electron chi connectivity index (χ2n) is 7.34. The number of amides is 2. The van der Waals surface area contributed by atoms with Crippen LogP contribution in [0.1, 0.15) is 45.0 Å². The highest BCUT2D eigenvalue weighted by atomic mass is 127. The first-order chi connectivity index (χ1) is 14.2. The number of ether oxygens (including phenoxy) is 2. The molecule has 2 rings (SSSR count). The average Bonchev–Trinajstić information content (AvgIpc) is 2.67. The van der Waals surface area contributed by atoms with Crippen molar-refractivity contribution in [3.63, 3.8) is 0 Å². The van der Waals surface area contributed by atoms with Gasteiger partial charge < -0.3 is 43.7 Å². The molecule has 2 aromatic rings. The maximum absolute atomic E-state index is 12.4. The molecule has 0 fully saturated rings. The molecule has 1 aromatic heterocycles. The van der Waals surface area contributed by atoms with E-state index in [0.29, 0.717) is 17.0 Å². The maximum atomic E-state index is 12.4. The summed E-state index contributed by atoms with van der Waals surface area (Å²) in [5.74, 6) is -0.381. The van der Waals surface area contributed by atoms with Crippen LogP contribution in [0, 0.1) is 0 Å². The largest absolute Gasteiger partial charge is 1.00 e. The van der Waals surface area contributed by atoms with Crippen molar-refractivity contribution in [3.8, 4) is 5.75 Å². The van der Waals surface area contributed by atoms with Gasteiger partial charge in [-0.25, -0.2) is 9.59 Å². The fraction of sp³-hybridized carbons (Fsp3) is 0.364. The second-order valence-corrected chi connectivity index (χ2v) is 7.34. The molecule has 1 N–H and O–H groups in total. The molecule has 0 saturated carbocycles. The maximum Gasteiger partial charge on any atom is 0.415 e. The van der Waals surface area contributed by atoms with Crippen molar-refractivity contribution in [2.45, 2.75) is 53.4 Å². The summed E-state index contributed by atoms with van der Waals surface area (Å²) in [6.07, 6.45) is 2.83. The van der Waals surface area contributed by atoms with Gasteiger partial charge in [-0.1, -0.05) is 0 Å². The van der Waals surface area contributed by atoms with E-state index in [1.807, 2.05) is 27.7 Å². The van der Waals surface area contributed by atoms with Crippen LogP contribution < -0.4 is 38.6 Å². The summed E-state index contributed by atoms with van der Waals surface area (Å²) < 4.78 is 12.3. The lowest BCUT2D eigenvalue weighted by molar-refractivity contribution is -0.727. The molecular weight excluding hydrogens is 513 g/mol. The molecule has 168 valence electrons. The van der Waals surface area contributed by atoms with E-state index in [0.717, 1.165) is 0 Å². The Hall–Kier alpha value is -2.69. The highest BCUT2D eigenvalue weighted by Gasteiger charge is 2.23. The Kier molecular flexibility index (Phi) is 10.4. The van der Waals surface area contributed by atoms with Gasteiger partial charge in [0.05, 0.1) is 0 Å². The number of nitrogens with one attached hydrogen (secondary N) is 1. The van der Waals surface area contributed by atoms with Crippen molar-refractivity contribution in [1.82, 2.24) is 4.90 Å². The number of carbonyl (C=O) groups is 3. The molecule has 0 saturated heterocycles. The number of anilines is 1. The summed E-state index contributed by atoms with van der Waals surface area (Å²) in [5.41, 5.74) is 0.919. The molecule has 1 heterocycles. The number of halogens is 1. The van der Waals surface area contributed by atoms with Crippen molar-refractivity contribution in [2.75, 3.05) is 5.32 Å². The zero-order valence-corrected chi connectivity index (χ0v) is 20.5. The molecule has 8 nitrogen and oxygen atoms in total. The van der Waals surface area contributed by atoms with Gasteiger partial charge in [0.1, 0.15) is 11.3 Å². The molecule has 0 unspecified atom stereocenters. The van der Waals surface area contributed by atoms with Crippen LogP contribution in [0.3, 0.4) is 0 Å². The fourth-order valence-corrected chi connectivity index (χ4v) is 2.92. The molecule has 0 radical (unpaired) electrons. The minimum atomic E-state index is -0.547. The molecule has 2 amide bonds. The third kappa shape index (κ3) is 8.16. The first-order valence-corrected chi connectivity index (χ1v) is 9.71. The molecule has 0 aliphatic heterocycles. The van der Waals surface area contributed by atoms with Crippen LogP contribution in [0.5, 0.6) is 5.75 Å². The number of nitrogens with zero attached hydrogens (tertiary/aromatic N) is 2. The second kappa shape index (κ2) is 12.2. The van der Waals surface area contributed by atoms with E-state index in [4.69, 9.17) is 9.47 Å². The molecule has 0 aliphatic carbocycles. The SMILES string of the molecule is CC(=O)Nc1ccc(OC(=O)c2ccc[n+](COC(=O)N(C(C)C)C(C)C)c2)cc1.[I-]. The molecule has 9 heteroatoms. The normalized spacial score (nSPS) is 10.3. The number of carbonyl (C=O) groups excluding carboxylic acids is 3. The van der Waals surface area contributed by atoms with Crippen molar-refractivity contribution in [3.05, 3.63) is 54.4 Å². The lowest BCUT2D eigenvalue weighted by Crippen LogP contribution is -3.00. The van der Waals surface area contributed by atoms with Gasteiger partial charge in [-0.3, -0.25) is 4.79 Å². The summed E-state index contributed by atoms with van der Waals surface area (Å²) in [4.78, 5) is 37.5. The number of aromatic nitrogens is 1. The zero-order valence-electron chi connectivity index (χ0n) is 18.3. The predicted octanol–water partition coefficient (Wildman–Crippen LogP) is 0.369. The molecule has 0 spiro atoms. The number of esters is 1.